The molecule has 0 aliphatic carbocycles. The van der Waals surface area contributed by atoms with Gasteiger partial charge in [0, 0.05) is 0 Å². The predicted octanol–water partition coefficient (Wildman–Crippen LogP) is 0.903. The van der Waals surface area contributed by atoms with Gasteiger partial charge in [0.1, 0.15) is 0 Å². The van der Waals surface area contributed by atoms with Gasteiger partial charge in [0.15, 0.2) is 0 Å². The maximum Gasteiger partial charge on any atom is 4.00 e. The summed E-state index contributed by atoms with van der Waals surface area (Å²) >= 11 is 0. The van der Waals surface area contributed by atoms with Gasteiger partial charge in [-0.15, -0.1) is 67.5 Å². The van der Waals surface area contributed by atoms with Gasteiger partial charge < -0.3 is 24.8 Å². The van der Waals surface area contributed by atoms with Crippen LogP contribution in [0.4, 0.5) is 0 Å². The molecule has 0 saturated heterocycles. The number of hydrogen-bond donors (Lipinski definition) is 0. The molecule has 0 nitrogen and oxygen atoms in total. The predicted molar refractivity (Wildman–Crippen MR) is 124 cm³/mol. The molecule has 0 spiro atoms. The van der Waals surface area contributed by atoms with E-state index < -0.39 is 0 Å². The number of halogens is 2. The summed E-state index contributed by atoms with van der Waals surface area (Å²) in [5.74, 6) is 0. The quantitative estimate of drug-likeness (QED) is 0.264. The zero-order valence-corrected chi connectivity index (χ0v) is 23.3. The summed E-state index contributed by atoms with van der Waals surface area (Å²) in [5, 5.41) is 8.87. The van der Waals surface area contributed by atoms with Crippen molar-refractivity contribution in [2.45, 2.75) is 47.5 Å². The van der Waals surface area contributed by atoms with Gasteiger partial charge in [-0.3, -0.25) is 0 Å². The average Bonchev–Trinajstić information content (AvgIpc) is 3.28. The Labute approximate surface area is 214 Å². The fourth-order valence-electron chi connectivity index (χ4n) is 4.19. The Balaban J connectivity index is 0.00000150. The Kier molecular flexibility index (Phi) is 10.5. The van der Waals surface area contributed by atoms with Gasteiger partial charge in [-0.2, -0.15) is 12.1 Å². The second-order valence-electron chi connectivity index (χ2n) is 7.99. The minimum atomic E-state index is -0.300. The molecule has 0 unspecified atom stereocenters. The van der Waals surface area contributed by atoms with Gasteiger partial charge in [0.25, 0.3) is 0 Å². The summed E-state index contributed by atoms with van der Waals surface area (Å²) in [6.45, 7) is 11.3. The molecule has 0 saturated carbocycles. The van der Waals surface area contributed by atoms with Crippen LogP contribution < -0.4 is 35.4 Å². The van der Waals surface area contributed by atoms with Crippen LogP contribution in [-0.4, -0.2) is 6.16 Å². The van der Waals surface area contributed by atoms with Crippen LogP contribution >= 0.6 is 7.92 Å². The van der Waals surface area contributed by atoms with Crippen molar-refractivity contribution in [1.29, 1.82) is 0 Å². The molecule has 0 amide bonds. The number of fused-ring (bicyclic) bond motifs is 2. The summed E-state index contributed by atoms with van der Waals surface area (Å²) in [4.78, 5) is 0. The van der Waals surface area contributed by atoms with E-state index in [0.29, 0.717) is 0 Å². The van der Waals surface area contributed by atoms with Crippen LogP contribution in [0.2, 0.25) is 0 Å². The molecule has 0 radical (unpaired) electrons. The van der Waals surface area contributed by atoms with E-state index in [0.717, 1.165) is 0 Å². The molecular formula is C26H29Cl2PZr. The third-order valence-corrected chi connectivity index (χ3v) is 8.50. The molecule has 4 aromatic carbocycles. The minimum Gasteiger partial charge on any atom is -1.00 e. The standard InChI is InChI=1S/C26H29P.2ClH.Zr/c1-6-7-12-27(21-13-23-17(2)8-9-18(3)24(23)14-21)22-15-25-19(4)10-11-20(5)26(25)16-22;;;/h8-11,13-16H,6-7,12H2,1-5H3;2*1H;/q-2;;;+4/p-2. The summed E-state index contributed by atoms with van der Waals surface area (Å²) in [5.41, 5.74) is 5.58. The monoisotopic (exact) mass is 532 g/mol. The molecule has 156 valence electrons. The third-order valence-electron chi connectivity index (χ3n) is 5.97. The fraction of sp³-hybridized carbons (Fsp3) is 0.308. The van der Waals surface area contributed by atoms with Crippen LogP contribution in [0, 0.1) is 27.7 Å². The maximum atomic E-state index is 2.48. The first-order valence-electron chi connectivity index (χ1n) is 10.1. The summed E-state index contributed by atoms with van der Waals surface area (Å²) in [6, 6.07) is 19.0. The van der Waals surface area contributed by atoms with E-state index in [2.05, 4.69) is 83.1 Å². The van der Waals surface area contributed by atoms with Crippen LogP contribution in [0.3, 0.4) is 0 Å². The van der Waals surface area contributed by atoms with Crippen LogP contribution in [0.5, 0.6) is 0 Å². The van der Waals surface area contributed by atoms with Crippen LogP contribution in [0.1, 0.15) is 42.0 Å². The van der Waals surface area contributed by atoms with Gasteiger partial charge in [-0.1, -0.05) is 58.4 Å². The van der Waals surface area contributed by atoms with Gasteiger partial charge in [0.05, 0.1) is 0 Å². The number of aryl methyl sites for hydroxylation is 4. The summed E-state index contributed by atoms with van der Waals surface area (Å²) in [7, 11) is -0.300. The number of benzene rings is 2. The average molecular weight is 535 g/mol. The number of rotatable bonds is 5. The van der Waals surface area contributed by atoms with Crippen molar-refractivity contribution in [3.8, 4) is 0 Å². The summed E-state index contributed by atoms with van der Waals surface area (Å²) < 4.78 is 0. The first kappa shape index (κ1) is 27.6. The topological polar surface area (TPSA) is 0 Å². The van der Waals surface area contributed by atoms with Crippen molar-refractivity contribution in [1.82, 2.24) is 0 Å². The second kappa shape index (κ2) is 11.4. The Morgan fingerprint density at radius 2 is 1.10 bits per heavy atom. The molecule has 0 N–H and O–H groups in total. The molecule has 0 aliphatic rings. The molecule has 0 atom stereocenters. The van der Waals surface area contributed by atoms with Gasteiger partial charge >= 0.3 is 26.2 Å². The number of hydrogen-bond acceptors (Lipinski definition) is 0. The van der Waals surface area contributed by atoms with Crippen LogP contribution in [0.15, 0.2) is 48.5 Å². The minimum absolute atomic E-state index is 0. The van der Waals surface area contributed by atoms with Crippen molar-refractivity contribution in [3.63, 3.8) is 0 Å². The molecule has 30 heavy (non-hydrogen) atoms. The molecule has 0 heterocycles. The molecule has 0 aromatic heterocycles. The molecule has 0 bridgehead atoms. The van der Waals surface area contributed by atoms with Crippen molar-refractivity contribution in [3.05, 3.63) is 70.8 Å². The Bertz CT molecular complexity index is 959. The first-order chi connectivity index (χ1) is 13.0. The number of unbranched alkanes of at least 4 members (excludes halogenated alkanes) is 1. The smallest absolute Gasteiger partial charge is 1.00 e. The van der Waals surface area contributed by atoms with Crippen molar-refractivity contribution in [2.75, 3.05) is 6.16 Å². The van der Waals surface area contributed by atoms with Crippen molar-refractivity contribution in [2.24, 2.45) is 0 Å². The summed E-state index contributed by atoms with van der Waals surface area (Å²) in [6.07, 6.45) is 3.84. The zero-order chi connectivity index (χ0) is 19.1. The molecule has 0 fully saturated rings. The van der Waals surface area contributed by atoms with Gasteiger partial charge in [0.2, 0.25) is 0 Å². The van der Waals surface area contributed by atoms with E-state index in [4.69, 9.17) is 0 Å². The van der Waals surface area contributed by atoms with Crippen LogP contribution in [-0.2, 0) is 26.2 Å². The van der Waals surface area contributed by atoms with E-state index in [1.54, 1.807) is 10.6 Å². The van der Waals surface area contributed by atoms with E-state index in [9.17, 15) is 0 Å². The SMILES string of the molecule is CCCCP(c1cc2c(C)ccc(C)c2[cH-]1)c1cc2c(C)ccc(C)c2[cH-]1.[Cl-].[Cl-].[Zr+4]. The van der Waals surface area contributed by atoms with E-state index in [-0.39, 0.29) is 58.9 Å². The Morgan fingerprint density at radius 1 is 0.700 bits per heavy atom. The van der Waals surface area contributed by atoms with E-state index in [1.165, 1.54) is 62.8 Å². The van der Waals surface area contributed by atoms with Gasteiger partial charge in [-0.25, -0.2) is 0 Å². The van der Waals surface area contributed by atoms with E-state index in [1.807, 2.05) is 0 Å². The zero-order valence-electron chi connectivity index (χ0n) is 18.4. The fourth-order valence-corrected chi connectivity index (χ4v) is 6.77. The molecule has 4 aromatic rings. The second-order valence-corrected chi connectivity index (χ2v) is 10.3. The first-order valence-corrected chi connectivity index (χ1v) is 11.6. The molecule has 4 heteroatoms. The maximum absolute atomic E-state index is 2.48. The van der Waals surface area contributed by atoms with Crippen LogP contribution in [0.25, 0.3) is 21.5 Å². The molecular weight excluding hydrogens is 505 g/mol. The Hall–Kier alpha value is -0.447. The molecule has 4 rings (SSSR count). The Morgan fingerprint density at radius 3 is 1.47 bits per heavy atom. The van der Waals surface area contributed by atoms with Gasteiger partial charge in [-0.05, 0) is 26.4 Å². The van der Waals surface area contributed by atoms with E-state index >= 15 is 0 Å². The van der Waals surface area contributed by atoms with Crippen molar-refractivity contribution < 1.29 is 51.0 Å². The largest absolute Gasteiger partial charge is 4.00 e. The normalized spacial score (nSPS) is 10.7. The van der Waals surface area contributed by atoms with Crippen molar-refractivity contribution >= 4 is 40.1 Å². The third kappa shape index (κ3) is 5.13. The molecule has 0 aliphatic heterocycles.